The summed E-state index contributed by atoms with van der Waals surface area (Å²) in [6, 6.07) is 38.3. The average molecular weight is 798 g/mol. The fraction of sp³-hybridized carbons (Fsp3) is 0.220. The van der Waals surface area contributed by atoms with Gasteiger partial charge in [0.15, 0.2) is 0 Å². The van der Waals surface area contributed by atoms with Gasteiger partial charge < -0.3 is 13.9 Å². The Balaban J connectivity index is 0.00000386. The molecule has 0 spiro atoms. The Hall–Kier alpha value is -4.47. The second-order valence-electron chi connectivity index (χ2n) is 14.1. The van der Waals surface area contributed by atoms with E-state index in [1.165, 1.54) is 11.1 Å². The normalized spacial score (nSPS) is 12.0. The van der Waals surface area contributed by atoms with E-state index in [1.807, 2.05) is 52.0 Å². The topological polar surface area (TPSA) is 35.9 Å². The Bertz CT molecular complexity index is 2180. The molecule has 0 aliphatic heterocycles. The van der Waals surface area contributed by atoms with Crippen molar-refractivity contribution in [3.05, 3.63) is 139 Å². The molecule has 0 radical (unpaired) electrons. The summed E-state index contributed by atoms with van der Waals surface area (Å²) in [5, 5.41) is 2.25. The zero-order valence-electron chi connectivity index (χ0n) is 27.6. The second-order valence-corrected chi connectivity index (χ2v) is 14.1. The van der Waals surface area contributed by atoms with Crippen LogP contribution in [-0.4, -0.2) is 14.1 Å². The molecule has 6 heteroatoms. The molecule has 0 unspecified atom stereocenters. The van der Waals surface area contributed by atoms with Crippen LogP contribution >= 0.6 is 0 Å². The van der Waals surface area contributed by atoms with Crippen molar-refractivity contribution in [1.29, 1.82) is 0 Å². The first-order valence-corrected chi connectivity index (χ1v) is 15.8. The molecule has 0 fully saturated rings. The average Bonchev–Trinajstić information content (AvgIpc) is 3.64. The third-order valence-electron chi connectivity index (χ3n) is 8.16. The number of nitrogens with zero attached hydrogens (tertiary/aromatic N) is 4. The van der Waals surface area contributed by atoms with Crippen LogP contribution in [-0.2, 0) is 32.9 Å². The Morgan fingerprint density at radius 2 is 1.55 bits per heavy atom. The van der Waals surface area contributed by atoms with E-state index in [0.717, 1.165) is 45.4 Å². The van der Waals surface area contributed by atoms with Crippen LogP contribution in [0.15, 0.2) is 110 Å². The van der Waals surface area contributed by atoms with E-state index in [1.54, 1.807) is 0 Å². The van der Waals surface area contributed by atoms with Gasteiger partial charge in [0, 0.05) is 56.7 Å². The number of imidazole rings is 1. The van der Waals surface area contributed by atoms with Crippen molar-refractivity contribution in [3.8, 4) is 28.7 Å². The molecule has 0 saturated heterocycles. The van der Waals surface area contributed by atoms with Crippen LogP contribution in [0.25, 0.3) is 39.0 Å². The minimum Gasteiger partial charge on any atom is -0.510 e. The molecule has 240 valence electrons. The summed E-state index contributed by atoms with van der Waals surface area (Å²) < 4.78 is 12.5. The van der Waals surface area contributed by atoms with E-state index in [-0.39, 0.29) is 31.9 Å². The monoisotopic (exact) mass is 797 g/mol. The molecule has 0 aliphatic carbocycles. The predicted octanol–water partition coefficient (Wildman–Crippen LogP) is 9.32. The minimum absolute atomic E-state index is 0. The summed E-state index contributed by atoms with van der Waals surface area (Å²) in [5.41, 5.74) is 6.71. The van der Waals surface area contributed by atoms with Gasteiger partial charge in [-0.2, -0.15) is 18.2 Å². The van der Waals surface area contributed by atoms with Crippen LogP contribution in [0.2, 0.25) is 0 Å². The zero-order valence-corrected chi connectivity index (χ0v) is 29.9. The van der Waals surface area contributed by atoms with Crippen LogP contribution in [0.1, 0.15) is 52.7 Å². The summed E-state index contributed by atoms with van der Waals surface area (Å²) in [6.45, 7) is 13.4. The van der Waals surface area contributed by atoms with E-state index in [2.05, 4.69) is 131 Å². The number of fused-ring (bicyclic) bond motifs is 3. The van der Waals surface area contributed by atoms with Gasteiger partial charge in [0.1, 0.15) is 5.82 Å². The molecule has 7 aromatic rings. The molecule has 5 nitrogen and oxygen atoms in total. The Morgan fingerprint density at radius 1 is 0.787 bits per heavy atom. The molecular weight excluding hydrogens is 760 g/mol. The van der Waals surface area contributed by atoms with Gasteiger partial charge in [-0.15, -0.1) is 29.7 Å². The van der Waals surface area contributed by atoms with Crippen LogP contribution in [0.5, 0.6) is 11.5 Å². The van der Waals surface area contributed by atoms with Gasteiger partial charge in [-0.1, -0.05) is 77.4 Å². The van der Waals surface area contributed by atoms with Crippen molar-refractivity contribution in [2.45, 2.75) is 53.4 Å². The number of rotatable bonds is 6. The zero-order chi connectivity index (χ0) is 32.1. The Kier molecular flexibility index (Phi) is 8.72. The fourth-order valence-electron chi connectivity index (χ4n) is 5.91. The number of para-hydroxylation sites is 1. The summed E-state index contributed by atoms with van der Waals surface area (Å²) in [6.07, 6.45) is 10.3. The summed E-state index contributed by atoms with van der Waals surface area (Å²) in [4.78, 5) is 4.78. The molecule has 0 N–H and O–H groups in total. The van der Waals surface area contributed by atoms with Gasteiger partial charge in [-0.05, 0) is 69.8 Å². The molecule has 0 saturated carbocycles. The molecule has 7 rings (SSSR count). The van der Waals surface area contributed by atoms with Crippen molar-refractivity contribution in [2.75, 3.05) is 0 Å². The number of ether oxygens (including phenoxy) is 1. The molecule has 0 atom stereocenters. The minimum atomic E-state index is 0. The summed E-state index contributed by atoms with van der Waals surface area (Å²) >= 11 is 0. The summed E-state index contributed by atoms with van der Waals surface area (Å²) in [5.74, 6) is 2.07. The maximum absolute atomic E-state index is 6.38. The van der Waals surface area contributed by atoms with Crippen molar-refractivity contribution in [3.63, 3.8) is 0 Å². The number of hydrogen-bond acceptors (Lipinski definition) is 2. The van der Waals surface area contributed by atoms with Gasteiger partial charge in [-0.3, -0.25) is 4.57 Å². The van der Waals surface area contributed by atoms with Gasteiger partial charge in [0.25, 0.3) is 6.33 Å². The van der Waals surface area contributed by atoms with Gasteiger partial charge in [-0.25, -0.2) is 4.98 Å². The maximum Gasteiger partial charge on any atom is 0.267 e. The smallest absolute Gasteiger partial charge is 0.267 e. The molecule has 3 aromatic heterocycles. The maximum atomic E-state index is 6.38. The van der Waals surface area contributed by atoms with Crippen molar-refractivity contribution < 1.29 is 30.4 Å². The SMILES string of the molecule is CC(C)(C)Cc1ccc(-[n+]2[c-]n(-c3[c-]c(Oc4[c-]c5c(cc4)c4ccccc4n5-c4cc(C(C)(C)C)ccn4)ccc3)cc2)cc1.[Pt]. The first-order valence-electron chi connectivity index (χ1n) is 15.8. The van der Waals surface area contributed by atoms with E-state index in [4.69, 9.17) is 9.72 Å². The van der Waals surface area contributed by atoms with Crippen molar-refractivity contribution >= 4 is 21.8 Å². The summed E-state index contributed by atoms with van der Waals surface area (Å²) in [7, 11) is 0. The van der Waals surface area contributed by atoms with Crippen molar-refractivity contribution in [1.82, 2.24) is 14.1 Å². The van der Waals surface area contributed by atoms with Gasteiger partial charge in [0.05, 0.1) is 5.69 Å². The second kappa shape index (κ2) is 12.6. The molecule has 0 bridgehead atoms. The van der Waals surface area contributed by atoms with E-state index >= 15 is 0 Å². The van der Waals surface area contributed by atoms with Crippen LogP contribution in [0.4, 0.5) is 0 Å². The fourth-order valence-corrected chi connectivity index (χ4v) is 5.91. The van der Waals surface area contributed by atoms with Crippen LogP contribution in [0.3, 0.4) is 0 Å². The first-order chi connectivity index (χ1) is 22.0. The predicted molar refractivity (Wildman–Crippen MR) is 184 cm³/mol. The quantitative estimate of drug-likeness (QED) is 0.124. The molecule has 47 heavy (non-hydrogen) atoms. The third kappa shape index (κ3) is 6.82. The van der Waals surface area contributed by atoms with E-state index in [9.17, 15) is 0 Å². The third-order valence-corrected chi connectivity index (χ3v) is 8.16. The van der Waals surface area contributed by atoms with Crippen LogP contribution < -0.4 is 9.30 Å². The van der Waals surface area contributed by atoms with Crippen molar-refractivity contribution in [2.24, 2.45) is 5.41 Å². The number of aromatic nitrogens is 4. The molecule has 3 heterocycles. The van der Waals surface area contributed by atoms with E-state index in [0.29, 0.717) is 11.5 Å². The largest absolute Gasteiger partial charge is 0.510 e. The number of pyridine rings is 1. The number of hydrogen-bond donors (Lipinski definition) is 0. The van der Waals surface area contributed by atoms with Crippen LogP contribution in [0, 0.1) is 23.9 Å². The standard InChI is InChI=1S/C41H38N4O.Pt/c1-40(2,3)27-29-14-16-31(17-15-29)43-22-23-44(28-43)32-10-9-11-33(25-32)46-34-18-19-36-35-12-7-8-13-37(35)45(38(36)26-34)39-24-30(20-21-42-39)41(4,5)6;/h7-24H,27H2,1-6H3;/q-2;. The van der Waals surface area contributed by atoms with Gasteiger partial charge >= 0.3 is 0 Å². The molecule has 0 aliphatic rings. The molecular formula is C41H38N4OPt-2. The van der Waals surface area contributed by atoms with E-state index < -0.39 is 0 Å². The Labute approximate surface area is 291 Å². The Morgan fingerprint density at radius 3 is 2.32 bits per heavy atom. The molecule has 0 amide bonds. The number of benzene rings is 4. The first kappa shape index (κ1) is 32.5. The van der Waals surface area contributed by atoms with Gasteiger partial charge in [0.2, 0.25) is 0 Å². The molecule has 4 aromatic carbocycles.